The van der Waals surface area contributed by atoms with Gasteiger partial charge in [-0.1, -0.05) is 0 Å². The van der Waals surface area contributed by atoms with Gasteiger partial charge in [0.2, 0.25) is 0 Å². The Balaban J connectivity index is 3.60. The molecule has 0 heterocycles. The highest BCUT2D eigenvalue weighted by Gasteiger charge is 2.12. The Labute approximate surface area is 86.4 Å². The van der Waals surface area contributed by atoms with E-state index in [1.165, 1.54) is 6.92 Å². The number of nitrogens with two attached hydrogens (primary N) is 2. The summed E-state index contributed by atoms with van der Waals surface area (Å²) in [6.07, 6.45) is -2.52. The molecule has 0 spiro atoms. The fraction of sp³-hybridized carbons (Fsp3) is 0.714. The van der Waals surface area contributed by atoms with Crippen LogP contribution in [0.3, 0.4) is 0 Å². The molecule has 88 valence electrons. The largest absolute Gasteiger partial charge is 0.509 e. The number of carbonyl (C=O) groups is 2. The Bertz CT molecular complexity index is 210. The van der Waals surface area contributed by atoms with Crippen LogP contribution in [0.4, 0.5) is 9.59 Å². The van der Waals surface area contributed by atoms with Gasteiger partial charge in [-0.25, -0.2) is 9.59 Å². The molecule has 0 saturated heterocycles. The van der Waals surface area contributed by atoms with Crippen LogP contribution in [0.25, 0.3) is 0 Å². The molecule has 0 aromatic heterocycles. The minimum atomic E-state index is -0.930. The lowest BCUT2D eigenvalue weighted by Crippen LogP contribution is -2.25. The van der Waals surface area contributed by atoms with Gasteiger partial charge in [0.25, 0.3) is 0 Å². The first-order chi connectivity index (χ1) is 7.10. The molecule has 0 aromatic rings. The summed E-state index contributed by atoms with van der Waals surface area (Å²) in [5.74, 6) is 0. The van der Waals surface area contributed by atoms with Crippen LogP contribution in [0.1, 0.15) is 6.92 Å². The Kier molecular flexibility index (Phi) is 7.02. The third-order valence-corrected chi connectivity index (χ3v) is 1.14. The highest BCUT2D eigenvalue weighted by Crippen LogP contribution is 1.96. The Morgan fingerprint density at radius 2 is 1.60 bits per heavy atom. The van der Waals surface area contributed by atoms with E-state index in [-0.39, 0.29) is 20.1 Å². The summed E-state index contributed by atoms with van der Waals surface area (Å²) < 4.78 is 17.7. The van der Waals surface area contributed by atoms with Crippen molar-refractivity contribution in [1.82, 2.24) is 0 Å². The summed E-state index contributed by atoms with van der Waals surface area (Å²) in [5.41, 5.74) is 9.84. The Morgan fingerprint density at radius 1 is 1.07 bits per heavy atom. The topological polar surface area (TPSA) is 123 Å². The zero-order valence-corrected chi connectivity index (χ0v) is 8.30. The van der Waals surface area contributed by atoms with E-state index in [0.717, 1.165) is 0 Å². The molecule has 1 unspecified atom stereocenters. The molecule has 0 aliphatic carbocycles. The molecule has 0 bridgehead atoms. The molecule has 0 fully saturated rings. The van der Waals surface area contributed by atoms with E-state index >= 15 is 0 Å². The molecule has 4 N–H and O–H groups in total. The van der Waals surface area contributed by atoms with Gasteiger partial charge in [0.15, 0.2) is 0 Å². The predicted octanol–water partition coefficient (Wildman–Crippen LogP) is -0.486. The summed E-state index contributed by atoms with van der Waals surface area (Å²) in [7, 11) is 0. The first kappa shape index (κ1) is 13.5. The van der Waals surface area contributed by atoms with Crippen LogP contribution in [0.2, 0.25) is 0 Å². The zero-order chi connectivity index (χ0) is 11.7. The van der Waals surface area contributed by atoms with E-state index in [9.17, 15) is 9.59 Å². The Hall–Kier alpha value is -1.54. The van der Waals surface area contributed by atoms with Gasteiger partial charge in [-0.3, -0.25) is 11.5 Å². The number of ether oxygens (including phenoxy) is 4. The second-order valence-electron chi connectivity index (χ2n) is 2.36. The smallest absolute Gasteiger partial charge is 0.430 e. The van der Waals surface area contributed by atoms with Crippen molar-refractivity contribution < 1.29 is 28.5 Å². The molecule has 0 rings (SSSR count). The molecule has 0 aromatic carbocycles. The predicted molar refractivity (Wildman–Crippen MR) is 47.6 cm³/mol. The molecule has 15 heavy (non-hydrogen) atoms. The van der Waals surface area contributed by atoms with Gasteiger partial charge in [0.05, 0.1) is 0 Å². The van der Waals surface area contributed by atoms with Crippen LogP contribution >= 0.6 is 0 Å². The summed E-state index contributed by atoms with van der Waals surface area (Å²) in [6.45, 7) is 0.802. The maximum atomic E-state index is 10.7. The van der Waals surface area contributed by atoms with Crippen molar-refractivity contribution >= 4 is 12.3 Å². The number of hydrogen-bond acceptors (Lipinski definition) is 8. The molecule has 8 nitrogen and oxygen atoms in total. The van der Waals surface area contributed by atoms with Crippen molar-refractivity contribution in [2.45, 2.75) is 13.0 Å². The van der Waals surface area contributed by atoms with E-state index in [0.29, 0.717) is 0 Å². The molecular formula is C7H14N2O6. The minimum Gasteiger partial charge on any atom is -0.430 e. The Morgan fingerprint density at radius 3 is 2.13 bits per heavy atom. The van der Waals surface area contributed by atoms with Crippen molar-refractivity contribution in [2.24, 2.45) is 11.5 Å². The summed E-state index contributed by atoms with van der Waals surface area (Å²) in [4.78, 5) is 21.4. The highest BCUT2D eigenvalue weighted by molar-refractivity contribution is 5.60. The van der Waals surface area contributed by atoms with E-state index in [4.69, 9.17) is 11.5 Å². The van der Waals surface area contributed by atoms with Crippen LogP contribution in [0.5, 0.6) is 0 Å². The van der Waals surface area contributed by atoms with Crippen LogP contribution < -0.4 is 11.5 Å². The second kappa shape index (κ2) is 7.83. The molecule has 0 amide bonds. The van der Waals surface area contributed by atoms with Gasteiger partial charge in [0, 0.05) is 0 Å². The van der Waals surface area contributed by atoms with E-state index in [1.807, 2.05) is 0 Å². The lowest BCUT2D eigenvalue weighted by molar-refractivity contribution is -0.00960. The summed E-state index contributed by atoms with van der Waals surface area (Å²) >= 11 is 0. The third kappa shape index (κ3) is 7.52. The normalized spacial score (nSPS) is 11.4. The van der Waals surface area contributed by atoms with Crippen LogP contribution in [0.15, 0.2) is 0 Å². The van der Waals surface area contributed by atoms with Crippen molar-refractivity contribution in [2.75, 3.05) is 20.1 Å². The summed E-state index contributed by atoms with van der Waals surface area (Å²) in [6, 6.07) is 0. The van der Waals surface area contributed by atoms with Gasteiger partial charge in [-0.05, 0) is 6.92 Å². The van der Waals surface area contributed by atoms with E-state index < -0.39 is 18.4 Å². The van der Waals surface area contributed by atoms with Gasteiger partial charge >= 0.3 is 12.3 Å². The van der Waals surface area contributed by atoms with Gasteiger partial charge in [-0.2, -0.15) is 0 Å². The molecule has 0 aliphatic rings. The molecular weight excluding hydrogens is 208 g/mol. The average Bonchev–Trinajstić information content (AvgIpc) is 2.15. The monoisotopic (exact) mass is 222 g/mol. The molecule has 8 heteroatoms. The summed E-state index contributed by atoms with van der Waals surface area (Å²) in [5, 5.41) is 0. The van der Waals surface area contributed by atoms with Crippen molar-refractivity contribution in [3.8, 4) is 0 Å². The minimum absolute atomic E-state index is 0.154. The number of hydrogen-bond donors (Lipinski definition) is 2. The lowest BCUT2D eigenvalue weighted by atomic mass is 10.4. The van der Waals surface area contributed by atoms with Gasteiger partial charge < -0.3 is 18.9 Å². The fourth-order valence-electron chi connectivity index (χ4n) is 0.595. The lowest BCUT2D eigenvalue weighted by Gasteiger charge is -2.12. The number of rotatable bonds is 5. The van der Waals surface area contributed by atoms with Crippen molar-refractivity contribution in [1.29, 1.82) is 0 Å². The SMILES string of the molecule is CC(COC(=O)OCN)OC(=O)OCN. The molecule has 0 radical (unpaired) electrons. The fourth-order valence-corrected chi connectivity index (χ4v) is 0.595. The first-order valence-electron chi connectivity index (χ1n) is 4.13. The molecule has 1 atom stereocenters. The van der Waals surface area contributed by atoms with Crippen molar-refractivity contribution in [3.63, 3.8) is 0 Å². The first-order valence-corrected chi connectivity index (χ1v) is 4.13. The number of carbonyl (C=O) groups excluding carboxylic acids is 2. The molecule has 0 aliphatic heterocycles. The highest BCUT2D eigenvalue weighted by atomic mass is 16.8. The van der Waals surface area contributed by atoms with Crippen LogP contribution in [-0.4, -0.2) is 38.5 Å². The maximum Gasteiger partial charge on any atom is 0.509 e. The van der Waals surface area contributed by atoms with E-state index in [1.54, 1.807) is 0 Å². The zero-order valence-electron chi connectivity index (χ0n) is 8.30. The third-order valence-electron chi connectivity index (χ3n) is 1.14. The van der Waals surface area contributed by atoms with Crippen molar-refractivity contribution in [3.05, 3.63) is 0 Å². The van der Waals surface area contributed by atoms with Crippen LogP contribution in [0, 0.1) is 0 Å². The van der Waals surface area contributed by atoms with Crippen LogP contribution in [-0.2, 0) is 18.9 Å². The van der Waals surface area contributed by atoms with Gasteiger partial charge in [-0.15, -0.1) is 0 Å². The second-order valence-corrected chi connectivity index (χ2v) is 2.36. The standard InChI is InChI=1S/C7H14N2O6/c1-5(15-7(11)14-4-9)2-12-6(10)13-3-8/h5H,2-4,8-9H2,1H3. The maximum absolute atomic E-state index is 10.7. The van der Waals surface area contributed by atoms with E-state index in [2.05, 4.69) is 18.9 Å². The van der Waals surface area contributed by atoms with Gasteiger partial charge in [0.1, 0.15) is 26.2 Å². The average molecular weight is 222 g/mol. The quantitative estimate of drug-likeness (QED) is 0.472. The molecule has 0 saturated carbocycles.